The molecule has 0 aromatic heterocycles. The molecule has 1 amide bonds. The van der Waals surface area contributed by atoms with Gasteiger partial charge < -0.3 is 10.2 Å². The fraction of sp³-hybridized carbons (Fsp3) is 0.562. The lowest BCUT2D eigenvalue weighted by Crippen LogP contribution is -2.33. The summed E-state index contributed by atoms with van der Waals surface area (Å²) in [6, 6.07) is 10.3. The van der Waals surface area contributed by atoms with Gasteiger partial charge in [0.2, 0.25) is 5.91 Å². The highest BCUT2D eigenvalue weighted by atomic mass is 35.5. The van der Waals surface area contributed by atoms with Crippen LogP contribution in [0.3, 0.4) is 0 Å². The minimum atomic E-state index is 0. The molecule has 2 aliphatic rings. The third-order valence-electron chi connectivity index (χ3n) is 4.59. The molecule has 1 spiro atoms. The van der Waals surface area contributed by atoms with Gasteiger partial charge in [-0.15, -0.1) is 12.4 Å². The van der Waals surface area contributed by atoms with E-state index in [-0.39, 0.29) is 12.4 Å². The van der Waals surface area contributed by atoms with Gasteiger partial charge in [-0.3, -0.25) is 4.79 Å². The minimum absolute atomic E-state index is 0. The first-order valence-corrected chi connectivity index (χ1v) is 7.30. The van der Waals surface area contributed by atoms with E-state index in [0.29, 0.717) is 17.7 Å². The highest BCUT2D eigenvalue weighted by Gasteiger charge is 2.41. The Bertz CT molecular complexity index is 443. The van der Waals surface area contributed by atoms with Crippen LogP contribution in [0.2, 0.25) is 0 Å². The second-order valence-electron chi connectivity index (χ2n) is 5.98. The van der Waals surface area contributed by atoms with Crippen LogP contribution in [-0.2, 0) is 11.2 Å². The third kappa shape index (κ3) is 3.33. The molecule has 20 heavy (non-hydrogen) atoms. The standard InChI is InChI=1S/C16H22N2O.ClH/c19-15(7-6-14-4-2-1-3-5-14)18-11-9-16(13-18)8-10-17-12-16;/h1-5,17H,6-13H2;1H. The number of likely N-dealkylation sites (tertiary alicyclic amines) is 1. The molecule has 0 radical (unpaired) electrons. The normalized spacial score (nSPS) is 24.9. The van der Waals surface area contributed by atoms with Gasteiger partial charge in [0.15, 0.2) is 0 Å². The molecule has 0 saturated carbocycles. The Hall–Kier alpha value is -1.06. The van der Waals surface area contributed by atoms with E-state index in [0.717, 1.165) is 32.6 Å². The lowest BCUT2D eigenvalue weighted by atomic mass is 9.86. The number of carbonyl (C=O) groups excluding carboxylic acids is 1. The fourth-order valence-electron chi connectivity index (χ4n) is 3.35. The topological polar surface area (TPSA) is 32.3 Å². The monoisotopic (exact) mass is 294 g/mol. The zero-order valence-corrected chi connectivity index (χ0v) is 12.6. The van der Waals surface area contributed by atoms with Crippen LogP contribution in [0.25, 0.3) is 0 Å². The predicted octanol–water partition coefficient (Wildman–Crippen LogP) is 2.25. The van der Waals surface area contributed by atoms with E-state index in [1.54, 1.807) is 0 Å². The Labute approximate surface area is 127 Å². The van der Waals surface area contributed by atoms with Gasteiger partial charge in [-0.2, -0.15) is 0 Å². The Kier molecular flexibility index (Phi) is 5.06. The Morgan fingerprint density at radius 1 is 1.25 bits per heavy atom. The highest BCUT2D eigenvalue weighted by Crippen LogP contribution is 2.36. The summed E-state index contributed by atoms with van der Waals surface area (Å²) in [5, 5.41) is 3.43. The lowest BCUT2D eigenvalue weighted by Gasteiger charge is -2.22. The Morgan fingerprint density at radius 2 is 2.05 bits per heavy atom. The van der Waals surface area contributed by atoms with Crippen molar-refractivity contribution in [2.24, 2.45) is 5.41 Å². The minimum Gasteiger partial charge on any atom is -0.342 e. The van der Waals surface area contributed by atoms with Crippen molar-refractivity contribution in [3.8, 4) is 0 Å². The number of rotatable bonds is 3. The molecule has 2 fully saturated rings. The van der Waals surface area contributed by atoms with Gasteiger partial charge >= 0.3 is 0 Å². The molecule has 0 bridgehead atoms. The van der Waals surface area contributed by atoms with Gasteiger partial charge in [0.1, 0.15) is 0 Å². The highest BCUT2D eigenvalue weighted by molar-refractivity contribution is 5.85. The molecule has 0 aliphatic carbocycles. The number of aryl methyl sites for hydroxylation is 1. The molecular weight excluding hydrogens is 272 g/mol. The molecule has 3 rings (SSSR count). The van der Waals surface area contributed by atoms with Crippen molar-refractivity contribution in [3.63, 3.8) is 0 Å². The van der Waals surface area contributed by atoms with Crippen LogP contribution in [-0.4, -0.2) is 37.0 Å². The number of nitrogens with zero attached hydrogens (tertiary/aromatic N) is 1. The summed E-state index contributed by atoms with van der Waals surface area (Å²) in [7, 11) is 0. The molecular formula is C16H23ClN2O. The summed E-state index contributed by atoms with van der Waals surface area (Å²) < 4.78 is 0. The van der Waals surface area contributed by atoms with Crippen LogP contribution in [0.15, 0.2) is 30.3 Å². The van der Waals surface area contributed by atoms with Crippen LogP contribution < -0.4 is 5.32 Å². The van der Waals surface area contributed by atoms with Crippen molar-refractivity contribution in [1.82, 2.24) is 10.2 Å². The predicted molar refractivity (Wildman–Crippen MR) is 83.1 cm³/mol. The molecule has 1 aromatic carbocycles. The Balaban J connectivity index is 0.00000147. The van der Waals surface area contributed by atoms with Gasteiger partial charge in [-0.25, -0.2) is 0 Å². The van der Waals surface area contributed by atoms with Crippen LogP contribution in [0.5, 0.6) is 0 Å². The van der Waals surface area contributed by atoms with Crippen LogP contribution >= 0.6 is 12.4 Å². The molecule has 110 valence electrons. The van der Waals surface area contributed by atoms with Gasteiger partial charge in [-0.1, -0.05) is 30.3 Å². The summed E-state index contributed by atoms with van der Waals surface area (Å²) in [5.41, 5.74) is 1.65. The fourth-order valence-corrected chi connectivity index (χ4v) is 3.35. The Morgan fingerprint density at radius 3 is 2.75 bits per heavy atom. The molecule has 2 saturated heterocycles. The number of hydrogen-bond acceptors (Lipinski definition) is 2. The maximum Gasteiger partial charge on any atom is 0.222 e. The maximum atomic E-state index is 12.3. The SMILES string of the molecule is Cl.O=C(CCc1ccccc1)N1CCC2(CCNC2)C1. The summed E-state index contributed by atoms with van der Waals surface area (Å²) in [4.78, 5) is 14.3. The first-order chi connectivity index (χ1) is 9.27. The van der Waals surface area contributed by atoms with E-state index in [2.05, 4.69) is 22.3 Å². The number of hydrogen-bond donors (Lipinski definition) is 1. The van der Waals surface area contributed by atoms with E-state index in [1.165, 1.54) is 18.4 Å². The molecule has 3 nitrogen and oxygen atoms in total. The molecule has 1 atom stereocenters. The summed E-state index contributed by atoms with van der Waals surface area (Å²) in [6.07, 6.45) is 3.92. The number of benzene rings is 1. The zero-order chi connectivity index (χ0) is 13.1. The van der Waals surface area contributed by atoms with Crippen LogP contribution in [0.1, 0.15) is 24.8 Å². The molecule has 1 N–H and O–H groups in total. The quantitative estimate of drug-likeness (QED) is 0.927. The largest absolute Gasteiger partial charge is 0.342 e. The number of halogens is 1. The molecule has 2 aliphatic heterocycles. The van der Waals surface area contributed by atoms with Gasteiger partial charge in [-0.05, 0) is 31.4 Å². The molecule has 1 aromatic rings. The number of nitrogens with one attached hydrogen (secondary N) is 1. The number of carbonyl (C=O) groups is 1. The van der Waals surface area contributed by atoms with Crippen molar-refractivity contribution in [2.75, 3.05) is 26.2 Å². The van der Waals surface area contributed by atoms with E-state index in [9.17, 15) is 4.79 Å². The molecule has 2 heterocycles. The van der Waals surface area contributed by atoms with Crippen molar-refractivity contribution in [2.45, 2.75) is 25.7 Å². The van der Waals surface area contributed by atoms with Crippen molar-refractivity contribution in [1.29, 1.82) is 0 Å². The van der Waals surface area contributed by atoms with E-state index < -0.39 is 0 Å². The van der Waals surface area contributed by atoms with Gasteiger partial charge in [0.25, 0.3) is 0 Å². The van der Waals surface area contributed by atoms with Crippen molar-refractivity contribution < 1.29 is 4.79 Å². The van der Waals surface area contributed by atoms with Gasteiger partial charge in [0.05, 0.1) is 0 Å². The van der Waals surface area contributed by atoms with E-state index in [1.807, 2.05) is 18.2 Å². The molecule has 1 unspecified atom stereocenters. The van der Waals surface area contributed by atoms with Crippen LogP contribution in [0, 0.1) is 5.41 Å². The second-order valence-corrected chi connectivity index (χ2v) is 5.98. The van der Waals surface area contributed by atoms with Crippen LogP contribution in [0.4, 0.5) is 0 Å². The van der Waals surface area contributed by atoms with E-state index in [4.69, 9.17) is 0 Å². The molecule has 4 heteroatoms. The lowest BCUT2D eigenvalue weighted by molar-refractivity contribution is -0.130. The summed E-state index contributed by atoms with van der Waals surface area (Å²) >= 11 is 0. The average Bonchev–Trinajstić information content (AvgIpc) is 3.08. The number of amides is 1. The first-order valence-electron chi connectivity index (χ1n) is 7.30. The van der Waals surface area contributed by atoms with Crippen molar-refractivity contribution >= 4 is 18.3 Å². The summed E-state index contributed by atoms with van der Waals surface area (Å²) in [6.45, 7) is 4.13. The zero-order valence-electron chi connectivity index (χ0n) is 11.8. The smallest absolute Gasteiger partial charge is 0.222 e. The van der Waals surface area contributed by atoms with E-state index >= 15 is 0 Å². The second kappa shape index (κ2) is 6.59. The summed E-state index contributed by atoms with van der Waals surface area (Å²) in [5.74, 6) is 0.327. The third-order valence-corrected chi connectivity index (χ3v) is 4.59. The maximum absolute atomic E-state index is 12.3. The average molecular weight is 295 g/mol. The first kappa shape index (κ1) is 15.3. The van der Waals surface area contributed by atoms with Crippen molar-refractivity contribution in [3.05, 3.63) is 35.9 Å². The van der Waals surface area contributed by atoms with Gasteiger partial charge in [0, 0.05) is 31.5 Å².